The first-order valence-corrected chi connectivity index (χ1v) is 11.2. The van der Waals surface area contributed by atoms with E-state index in [0.29, 0.717) is 28.0 Å². The normalized spacial score (nSPS) is 12.4. The molecule has 0 unspecified atom stereocenters. The van der Waals surface area contributed by atoms with Crippen molar-refractivity contribution in [2.24, 2.45) is 0 Å². The third-order valence-electron chi connectivity index (χ3n) is 4.24. The van der Waals surface area contributed by atoms with Crippen LogP contribution in [0.25, 0.3) is 4.96 Å². The standard InChI is InChI=1S/C19H18ClN5O2S2/c1-3-24-17(12(2)27-15-6-4-5-13(20)9-15)22-23-19(24)29-11-14-10-16(26)25-7-8-28-18(25)21-14/h4-10,12H,3,11H2,1-2H3/t12-/m0/s1. The highest BCUT2D eigenvalue weighted by Gasteiger charge is 2.19. The van der Waals surface area contributed by atoms with Crippen molar-refractivity contribution < 1.29 is 4.74 Å². The number of halogens is 1. The molecule has 0 fully saturated rings. The number of thioether (sulfide) groups is 1. The van der Waals surface area contributed by atoms with E-state index in [0.717, 1.165) is 16.7 Å². The first kappa shape index (κ1) is 19.9. The lowest BCUT2D eigenvalue weighted by molar-refractivity contribution is 0.210. The molecule has 0 saturated carbocycles. The van der Waals surface area contributed by atoms with Gasteiger partial charge in [0, 0.05) is 35.0 Å². The van der Waals surface area contributed by atoms with Crippen molar-refractivity contribution in [3.8, 4) is 5.75 Å². The number of benzene rings is 1. The molecule has 0 amide bonds. The van der Waals surface area contributed by atoms with Gasteiger partial charge < -0.3 is 9.30 Å². The lowest BCUT2D eigenvalue weighted by Gasteiger charge is -2.15. The fraction of sp³-hybridized carbons (Fsp3) is 0.263. The molecule has 0 aliphatic carbocycles. The zero-order chi connectivity index (χ0) is 20.4. The summed E-state index contributed by atoms with van der Waals surface area (Å²) in [4.78, 5) is 17.4. The molecule has 0 bridgehead atoms. The summed E-state index contributed by atoms with van der Waals surface area (Å²) in [6, 6.07) is 8.83. The van der Waals surface area contributed by atoms with Gasteiger partial charge in [0.1, 0.15) is 5.75 Å². The molecule has 1 atom stereocenters. The second-order valence-electron chi connectivity index (χ2n) is 6.23. The van der Waals surface area contributed by atoms with Crippen LogP contribution in [0.1, 0.15) is 31.5 Å². The molecule has 0 aliphatic rings. The average Bonchev–Trinajstić information content (AvgIpc) is 3.33. The van der Waals surface area contributed by atoms with Gasteiger partial charge in [0.2, 0.25) is 0 Å². The van der Waals surface area contributed by atoms with Crippen LogP contribution in [-0.4, -0.2) is 24.1 Å². The van der Waals surface area contributed by atoms with E-state index in [-0.39, 0.29) is 11.7 Å². The predicted molar refractivity (Wildman–Crippen MR) is 115 cm³/mol. The van der Waals surface area contributed by atoms with Gasteiger partial charge in [-0.1, -0.05) is 29.4 Å². The van der Waals surface area contributed by atoms with Crippen LogP contribution in [-0.2, 0) is 12.3 Å². The van der Waals surface area contributed by atoms with Gasteiger partial charge in [-0.15, -0.1) is 21.5 Å². The van der Waals surface area contributed by atoms with E-state index in [1.165, 1.54) is 23.1 Å². The lowest BCUT2D eigenvalue weighted by atomic mass is 10.3. The van der Waals surface area contributed by atoms with Gasteiger partial charge in [0.15, 0.2) is 22.0 Å². The second kappa shape index (κ2) is 8.56. The second-order valence-corrected chi connectivity index (χ2v) is 8.48. The lowest BCUT2D eigenvalue weighted by Crippen LogP contribution is -2.13. The number of ether oxygens (including phenoxy) is 1. The van der Waals surface area contributed by atoms with Gasteiger partial charge in [-0.2, -0.15) is 0 Å². The van der Waals surface area contributed by atoms with Crippen molar-refractivity contribution in [3.05, 3.63) is 68.8 Å². The zero-order valence-electron chi connectivity index (χ0n) is 15.8. The van der Waals surface area contributed by atoms with Crippen LogP contribution in [0.15, 0.2) is 51.9 Å². The molecule has 0 radical (unpaired) electrons. The molecule has 3 heterocycles. The Kier molecular flexibility index (Phi) is 5.89. The molecule has 0 aliphatic heterocycles. The first-order chi connectivity index (χ1) is 14.0. The average molecular weight is 448 g/mol. The largest absolute Gasteiger partial charge is 0.483 e. The van der Waals surface area contributed by atoms with E-state index in [2.05, 4.69) is 15.2 Å². The molecule has 0 N–H and O–H groups in total. The van der Waals surface area contributed by atoms with E-state index in [4.69, 9.17) is 16.3 Å². The van der Waals surface area contributed by atoms with Crippen LogP contribution in [0.4, 0.5) is 0 Å². The number of aromatic nitrogens is 5. The van der Waals surface area contributed by atoms with Gasteiger partial charge in [0.25, 0.3) is 5.56 Å². The SMILES string of the molecule is CCn1c(SCc2cc(=O)n3ccsc3n2)nnc1[C@H](C)Oc1cccc(Cl)c1. The predicted octanol–water partition coefficient (Wildman–Crippen LogP) is 4.45. The number of fused-ring (bicyclic) bond motifs is 1. The van der Waals surface area contributed by atoms with Crippen LogP contribution in [0.5, 0.6) is 5.75 Å². The molecule has 3 aromatic heterocycles. The molecule has 0 saturated heterocycles. The first-order valence-electron chi connectivity index (χ1n) is 8.99. The Hall–Kier alpha value is -2.36. The molecule has 10 heteroatoms. The fourth-order valence-electron chi connectivity index (χ4n) is 2.90. The molecule has 29 heavy (non-hydrogen) atoms. The monoisotopic (exact) mass is 447 g/mol. The highest BCUT2D eigenvalue weighted by Crippen LogP contribution is 2.27. The van der Waals surface area contributed by atoms with Crippen LogP contribution >= 0.6 is 34.7 Å². The maximum absolute atomic E-state index is 12.1. The van der Waals surface area contributed by atoms with Gasteiger partial charge in [-0.3, -0.25) is 9.20 Å². The molecule has 4 aromatic rings. The summed E-state index contributed by atoms with van der Waals surface area (Å²) in [5.41, 5.74) is 0.644. The van der Waals surface area contributed by atoms with Crippen LogP contribution in [0, 0.1) is 0 Å². The summed E-state index contributed by atoms with van der Waals surface area (Å²) in [5, 5.41) is 11.9. The van der Waals surface area contributed by atoms with Gasteiger partial charge >= 0.3 is 0 Å². The molecule has 150 valence electrons. The maximum atomic E-state index is 12.1. The van der Waals surface area contributed by atoms with E-state index in [9.17, 15) is 4.79 Å². The van der Waals surface area contributed by atoms with E-state index < -0.39 is 0 Å². The summed E-state index contributed by atoms with van der Waals surface area (Å²) in [5.74, 6) is 1.95. The highest BCUT2D eigenvalue weighted by molar-refractivity contribution is 7.98. The number of nitrogens with zero attached hydrogens (tertiary/aromatic N) is 5. The van der Waals surface area contributed by atoms with E-state index in [1.54, 1.807) is 28.8 Å². The summed E-state index contributed by atoms with van der Waals surface area (Å²) in [7, 11) is 0. The Bertz CT molecular complexity index is 1200. The summed E-state index contributed by atoms with van der Waals surface area (Å²) < 4.78 is 9.54. The van der Waals surface area contributed by atoms with Gasteiger partial charge in [0.05, 0.1) is 5.69 Å². The summed E-state index contributed by atoms with van der Waals surface area (Å²) in [6.45, 7) is 4.66. The van der Waals surface area contributed by atoms with E-state index >= 15 is 0 Å². The smallest absolute Gasteiger partial charge is 0.258 e. The van der Waals surface area contributed by atoms with Crippen molar-refractivity contribution in [3.63, 3.8) is 0 Å². The minimum Gasteiger partial charge on any atom is -0.483 e. The van der Waals surface area contributed by atoms with Crippen molar-refractivity contribution in [1.82, 2.24) is 24.1 Å². The third kappa shape index (κ3) is 4.31. The fourth-order valence-corrected chi connectivity index (χ4v) is 4.72. The van der Waals surface area contributed by atoms with Gasteiger partial charge in [-0.25, -0.2) is 4.98 Å². The minimum atomic E-state index is -0.291. The van der Waals surface area contributed by atoms with Crippen molar-refractivity contribution in [2.45, 2.75) is 37.4 Å². The Balaban J connectivity index is 1.51. The Morgan fingerprint density at radius 2 is 2.17 bits per heavy atom. The van der Waals surface area contributed by atoms with Crippen LogP contribution in [0.2, 0.25) is 5.02 Å². The molecule has 1 aromatic carbocycles. The summed E-state index contributed by atoms with van der Waals surface area (Å²) >= 11 is 8.97. The number of hydrogen-bond acceptors (Lipinski definition) is 7. The quantitative estimate of drug-likeness (QED) is 0.389. The topological polar surface area (TPSA) is 74.3 Å². The number of hydrogen-bond donors (Lipinski definition) is 0. The van der Waals surface area contributed by atoms with Crippen molar-refractivity contribution in [2.75, 3.05) is 0 Å². The Morgan fingerprint density at radius 1 is 1.31 bits per heavy atom. The molecule has 4 rings (SSSR count). The minimum absolute atomic E-state index is 0.0759. The Labute approximate surface area is 180 Å². The van der Waals surface area contributed by atoms with Crippen LogP contribution < -0.4 is 10.3 Å². The van der Waals surface area contributed by atoms with E-state index in [1.807, 2.05) is 35.9 Å². The highest BCUT2D eigenvalue weighted by atomic mass is 35.5. The number of thiazole rings is 1. The molecule has 7 nitrogen and oxygen atoms in total. The maximum Gasteiger partial charge on any atom is 0.258 e. The third-order valence-corrected chi connectivity index (χ3v) is 6.23. The molecule has 0 spiro atoms. The zero-order valence-corrected chi connectivity index (χ0v) is 18.2. The van der Waals surface area contributed by atoms with Crippen LogP contribution in [0.3, 0.4) is 0 Å². The van der Waals surface area contributed by atoms with Gasteiger partial charge in [-0.05, 0) is 32.0 Å². The van der Waals surface area contributed by atoms with Crippen molar-refractivity contribution in [1.29, 1.82) is 0 Å². The Morgan fingerprint density at radius 3 is 2.97 bits per heavy atom. The molecular weight excluding hydrogens is 430 g/mol. The number of rotatable bonds is 7. The summed E-state index contributed by atoms with van der Waals surface area (Å²) in [6.07, 6.45) is 1.44. The molecular formula is C19H18ClN5O2S2. The van der Waals surface area contributed by atoms with Crippen molar-refractivity contribution >= 4 is 39.7 Å².